The second kappa shape index (κ2) is 4.07. The van der Waals surface area contributed by atoms with E-state index in [1.807, 2.05) is 13.0 Å². The third-order valence-corrected chi connectivity index (χ3v) is 3.35. The number of aryl methyl sites for hydroxylation is 3. The largest absolute Gasteiger partial charge is 0.240 e. The maximum absolute atomic E-state index is 9.06. The van der Waals surface area contributed by atoms with Crippen molar-refractivity contribution in [2.75, 3.05) is 0 Å². The molecule has 0 atom stereocenters. The molecule has 0 spiro atoms. The van der Waals surface area contributed by atoms with Gasteiger partial charge >= 0.3 is 0 Å². The molecule has 3 heteroatoms. The topological polar surface area (TPSA) is 36.7 Å². The van der Waals surface area contributed by atoms with Gasteiger partial charge < -0.3 is 0 Å². The van der Waals surface area contributed by atoms with Crippen molar-refractivity contribution >= 4 is 11.3 Å². The third kappa shape index (κ3) is 1.84. The molecular formula is C13H12N2S. The first-order valence-electron chi connectivity index (χ1n) is 5.07. The first-order valence-corrected chi connectivity index (χ1v) is 5.88. The lowest BCUT2D eigenvalue weighted by Gasteiger charge is -2.04. The highest BCUT2D eigenvalue weighted by Gasteiger charge is 2.12. The van der Waals surface area contributed by atoms with E-state index < -0.39 is 0 Å². The molecule has 0 saturated carbocycles. The summed E-state index contributed by atoms with van der Waals surface area (Å²) in [6, 6.07) is 8.42. The molecule has 2 nitrogen and oxygen atoms in total. The minimum Gasteiger partial charge on any atom is -0.240 e. The number of rotatable bonds is 1. The summed E-state index contributed by atoms with van der Waals surface area (Å²) in [5.74, 6) is 0. The van der Waals surface area contributed by atoms with Crippen LogP contribution >= 0.6 is 11.3 Å². The average molecular weight is 228 g/mol. The highest BCUT2D eigenvalue weighted by molar-refractivity contribution is 7.12. The lowest BCUT2D eigenvalue weighted by atomic mass is 10.0. The van der Waals surface area contributed by atoms with Crippen LogP contribution < -0.4 is 0 Å². The summed E-state index contributed by atoms with van der Waals surface area (Å²) in [6.45, 7) is 6.05. The van der Waals surface area contributed by atoms with Gasteiger partial charge in [0.15, 0.2) is 0 Å². The monoisotopic (exact) mass is 228 g/mol. The summed E-state index contributed by atoms with van der Waals surface area (Å²) < 4.78 is 0. The number of aromatic nitrogens is 1. The molecule has 0 fully saturated rings. The van der Waals surface area contributed by atoms with E-state index in [2.05, 4.69) is 37.0 Å². The van der Waals surface area contributed by atoms with E-state index >= 15 is 0 Å². The zero-order chi connectivity index (χ0) is 11.7. The van der Waals surface area contributed by atoms with E-state index in [9.17, 15) is 0 Å². The molecule has 0 aliphatic carbocycles. The van der Waals surface area contributed by atoms with Gasteiger partial charge in [-0.25, -0.2) is 4.98 Å². The number of nitrogens with zero attached hydrogens (tertiary/aromatic N) is 2. The minimum atomic E-state index is 0.699. The molecule has 0 radical (unpaired) electrons. The van der Waals surface area contributed by atoms with Crippen molar-refractivity contribution in [1.82, 2.24) is 4.98 Å². The maximum atomic E-state index is 9.06. The molecule has 1 aromatic carbocycles. The number of hydrogen-bond donors (Lipinski definition) is 0. The van der Waals surface area contributed by atoms with Crippen LogP contribution in [0.2, 0.25) is 0 Å². The van der Waals surface area contributed by atoms with Crippen molar-refractivity contribution in [3.8, 4) is 17.3 Å². The molecule has 0 aliphatic rings. The second-order valence-electron chi connectivity index (χ2n) is 3.84. The Labute approximate surface area is 99.2 Å². The van der Waals surface area contributed by atoms with Gasteiger partial charge in [0.1, 0.15) is 10.9 Å². The smallest absolute Gasteiger partial charge is 0.132 e. The summed E-state index contributed by atoms with van der Waals surface area (Å²) in [5, 5.41) is 10.00. The van der Waals surface area contributed by atoms with Gasteiger partial charge in [0.25, 0.3) is 0 Å². The molecule has 0 saturated heterocycles. The molecule has 2 rings (SSSR count). The first-order chi connectivity index (χ1) is 7.61. The van der Waals surface area contributed by atoms with E-state index in [-0.39, 0.29) is 0 Å². The summed E-state index contributed by atoms with van der Waals surface area (Å²) in [7, 11) is 0. The Morgan fingerprint density at radius 2 is 2.00 bits per heavy atom. The predicted octanol–water partition coefficient (Wildman–Crippen LogP) is 3.61. The van der Waals surface area contributed by atoms with Gasteiger partial charge in [0.2, 0.25) is 0 Å². The van der Waals surface area contributed by atoms with E-state index in [1.165, 1.54) is 22.5 Å². The summed E-state index contributed by atoms with van der Waals surface area (Å²) >= 11 is 1.45. The van der Waals surface area contributed by atoms with Gasteiger partial charge in [0.05, 0.1) is 10.7 Å². The molecule has 0 unspecified atom stereocenters. The molecule has 0 amide bonds. The number of nitriles is 1. The zero-order valence-corrected chi connectivity index (χ0v) is 10.4. The standard InChI is InChI=1S/C13H12N2S/c1-8-4-5-11(9(2)6-8)13-12(7-14)16-10(3)15-13/h4-6H,1-3H3. The fraction of sp³-hybridized carbons (Fsp3) is 0.231. The van der Waals surface area contributed by atoms with Crippen molar-refractivity contribution in [3.05, 3.63) is 39.2 Å². The van der Waals surface area contributed by atoms with Crippen LogP contribution in [-0.4, -0.2) is 4.98 Å². The number of thiazole rings is 1. The van der Waals surface area contributed by atoms with E-state index in [4.69, 9.17) is 5.26 Å². The van der Waals surface area contributed by atoms with Crippen molar-refractivity contribution in [3.63, 3.8) is 0 Å². The Balaban J connectivity index is 2.63. The summed E-state index contributed by atoms with van der Waals surface area (Å²) in [6.07, 6.45) is 0. The van der Waals surface area contributed by atoms with Gasteiger partial charge in [-0.3, -0.25) is 0 Å². The van der Waals surface area contributed by atoms with Gasteiger partial charge in [-0.15, -0.1) is 11.3 Å². The summed E-state index contributed by atoms with van der Waals surface area (Å²) in [4.78, 5) is 5.14. The van der Waals surface area contributed by atoms with E-state index in [0.717, 1.165) is 16.3 Å². The Morgan fingerprint density at radius 3 is 2.62 bits per heavy atom. The number of hydrogen-bond acceptors (Lipinski definition) is 3. The lowest BCUT2D eigenvalue weighted by molar-refractivity contribution is 1.27. The predicted molar refractivity (Wildman–Crippen MR) is 66.5 cm³/mol. The van der Waals surface area contributed by atoms with Crippen LogP contribution in [0, 0.1) is 32.1 Å². The molecule has 0 N–H and O–H groups in total. The summed E-state index contributed by atoms with van der Waals surface area (Å²) in [5.41, 5.74) is 4.28. The van der Waals surface area contributed by atoms with Crippen LogP contribution in [0.1, 0.15) is 21.0 Å². The first kappa shape index (κ1) is 10.8. The van der Waals surface area contributed by atoms with Crippen LogP contribution in [0.25, 0.3) is 11.3 Å². The molecule has 1 aromatic heterocycles. The molecule has 80 valence electrons. The Hall–Kier alpha value is -1.66. The van der Waals surface area contributed by atoms with Crippen molar-refractivity contribution in [2.24, 2.45) is 0 Å². The zero-order valence-electron chi connectivity index (χ0n) is 9.53. The van der Waals surface area contributed by atoms with Crippen LogP contribution in [0.3, 0.4) is 0 Å². The van der Waals surface area contributed by atoms with Crippen LogP contribution in [0.4, 0.5) is 0 Å². The van der Waals surface area contributed by atoms with Gasteiger partial charge in [-0.2, -0.15) is 5.26 Å². The maximum Gasteiger partial charge on any atom is 0.132 e. The highest BCUT2D eigenvalue weighted by Crippen LogP contribution is 2.29. The fourth-order valence-electron chi connectivity index (χ4n) is 1.76. The quantitative estimate of drug-likeness (QED) is 0.747. The van der Waals surface area contributed by atoms with Gasteiger partial charge in [-0.1, -0.05) is 23.8 Å². The molecular weight excluding hydrogens is 216 g/mol. The highest BCUT2D eigenvalue weighted by atomic mass is 32.1. The molecule has 16 heavy (non-hydrogen) atoms. The van der Waals surface area contributed by atoms with Crippen LogP contribution in [-0.2, 0) is 0 Å². The molecule has 1 heterocycles. The van der Waals surface area contributed by atoms with Crippen molar-refractivity contribution in [1.29, 1.82) is 5.26 Å². The second-order valence-corrected chi connectivity index (χ2v) is 5.04. The van der Waals surface area contributed by atoms with Crippen molar-refractivity contribution in [2.45, 2.75) is 20.8 Å². The Kier molecular flexibility index (Phi) is 2.76. The Bertz CT molecular complexity index is 576. The third-order valence-electron chi connectivity index (χ3n) is 2.47. The van der Waals surface area contributed by atoms with Crippen LogP contribution in [0.15, 0.2) is 18.2 Å². The molecule has 0 aliphatic heterocycles. The minimum absolute atomic E-state index is 0.699. The van der Waals surface area contributed by atoms with E-state index in [0.29, 0.717) is 4.88 Å². The normalized spacial score (nSPS) is 10.1. The van der Waals surface area contributed by atoms with Crippen molar-refractivity contribution < 1.29 is 0 Å². The SMILES string of the molecule is Cc1ccc(-c2nc(C)sc2C#N)c(C)c1. The fourth-order valence-corrected chi connectivity index (χ4v) is 2.49. The number of benzene rings is 1. The Morgan fingerprint density at radius 1 is 1.25 bits per heavy atom. The van der Waals surface area contributed by atoms with E-state index in [1.54, 1.807) is 0 Å². The lowest BCUT2D eigenvalue weighted by Crippen LogP contribution is -1.87. The van der Waals surface area contributed by atoms with Crippen LogP contribution in [0.5, 0.6) is 0 Å². The average Bonchev–Trinajstić information content (AvgIpc) is 2.59. The molecule has 0 bridgehead atoms. The molecule has 2 aromatic rings. The van der Waals surface area contributed by atoms with Gasteiger partial charge in [-0.05, 0) is 26.3 Å². The van der Waals surface area contributed by atoms with Gasteiger partial charge in [0, 0.05) is 5.56 Å².